The van der Waals surface area contributed by atoms with E-state index in [1.54, 1.807) is 37.4 Å². The van der Waals surface area contributed by atoms with Crippen molar-refractivity contribution in [3.63, 3.8) is 0 Å². The Morgan fingerprint density at radius 3 is 2.52 bits per heavy atom. The van der Waals surface area contributed by atoms with Crippen LogP contribution < -0.4 is 4.74 Å². The minimum absolute atomic E-state index is 0.108. The summed E-state index contributed by atoms with van der Waals surface area (Å²) in [5.41, 5.74) is 1.68. The van der Waals surface area contributed by atoms with E-state index < -0.39 is 5.97 Å². The van der Waals surface area contributed by atoms with Gasteiger partial charge in [0.1, 0.15) is 18.6 Å². The molecule has 0 aliphatic heterocycles. The quantitative estimate of drug-likeness (QED) is 0.611. The Morgan fingerprint density at radius 2 is 1.90 bits per heavy atom. The predicted molar refractivity (Wildman–Crippen MR) is 81.6 cm³/mol. The van der Waals surface area contributed by atoms with E-state index in [4.69, 9.17) is 9.47 Å². The lowest BCUT2D eigenvalue weighted by molar-refractivity contribution is 0.0470. The Bertz CT molecular complexity index is 650. The van der Waals surface area contributed by atoms with Gasteiger partial charge in [-0.25, -0.2) is 4.79 Å². The van der Waals surface area contributed by atoms with E-state index in [1.807, 2.05) is 12.1 Å². The lowest BCUT2D eigenvalue weighted by Gasteiger charge is -2.10. The molecule has 0 unspecified atom stereocenters. The molecular weight excluding hydrogens is 336 g/mol. The summed E-state index contributed by atoms with van der Waals surface area (Å²) in [5.74, 6) is 0.205. The van der Waals surface area contributed by atoms with Gasteiger partial charge >= 0.3 is 5.97 Å². The Kier molecular flexibility index (Phi) is 5.11. The highest BCUT2D eigenvalue weighted by atomic mass is 79.9. The maximum atomic E-state index is 11.9. The topological polar surface area (TPSA) is 52.6 Å². The summed E-state index contributed by atoms with van der Waals surface area (Å²) in [6, 6.07) is 11.7. The molecule has 2 aromatic rings. The van der Waals surface area contributed by atoms with Crippen LogP contribution in [0.5, 0.6) is 5.75 Å². The van der Waals surface area contributed by atoms with Crippen molar-refractivity contribution in [1.29, 1.82) is 0 Å². The van der Waals surface area contributed by atoms with Gasteiger partial charge in [0, 0.05) is 15.6 Å². The van der Waals surface area contributed by atoms with Gasteiger partial charge in [0.2, 0.25) is 0 Å². The van der Waals surface area contributed by atoms with E-state index in [9.17, 15) is 9.59 Å². The van der Waals surface area contributed by atoms with E-state index in [2.05, 4.69) is 15.9 Å². The number of methoxy groups -OCH3 is 1. The summed E-state index contributed by atoms with van der Waals surface area (Å²) in [6.07, 6.45) is 0.724. The number of halogens is 1. The minimum Gasteiger partial charge on any atom is -0.496 e. The lowest BCUT2D eigenvalue weighted by Crippen LogP contribution is -2.06. The maximum Gasteiger partial charge on any atom is 0.338 e. The fourth-order valence-corrected chi connectivity index (χ4v) is 2.19. The van der Waals surface area contributed by atoms with Crippen molar-refractivity contribution in [3.05, 3.63) is 63.6 Å². The highest BCUT2D eigenvalue weighted by molar-refractivity contribution is 9.10. The third-order valence-electron chi connectivity index (χ3n) is 2.88. The number of esters is 1. The van der Waals surface area contributed by atoms with Gasteiger partial charge in [0.25, 0.3) is 0 Å². The summed E-state index contributed by atoms with van der Waals surface area (Å²) in [5, 5.41) is 0. The molecule has 0 fully saturated rings. The zero-order valence-corrected chi connectivity index (χ0v) is 12.9. The van der Waals surface area contributed by atoms with E-state index in [-0.39, 0.29) is 6.61 Å². The molecule has 2 rings (SSSR count). The summed E-state index contributed by atoms with van der Waals surface area (Å²) in [6.45, 7) is 0.108. The van der Waals surface area contributed by atoms with Crippen LogP contribution in [0.2, 0.25) is 0 Å². The van der Waals surface area contributed by atoms with Crippen molar-refractivity contribution in [2.24, 2.45) is 0 Å². The van der Waals surface area contributed by atoms with Crippen LogP contribution >= 0.6 is 15.9 Å². The number of aldehydes is 1. The van der Waals surface area contributed by atoms with Crippen LogP contribution in [0.25, 0.3) is 0 Å². The van der Waals surface area contributed by atoms with Crippen molar-refractivity contribution in [3.8, 4) is 5.75 Å². The van der Waals surface area contributed by atoms with E-state index >= 15 is 0 Å². The smallest absolute Gasteiger partial charge is 0.338 e. The first-order valence-corrected chi connectivity index (χ1v) is 6.98. The van der Waals surface area contributed by atoms with E-state index in [0.717, 1.165) is 16.3 Å². The molecule has 0 aromatic heterocycles. The number of hydrogen-bond acceptors (Lipinski definition) is 4. The molecule has 0 saturated carbocycles. The van der Waals surface area contributed by atoms with Crippen LogP contribution in [0.1, 0.15) is 26.3 Å². The second kappa shape index (κ2) is 7.04. The van der Waals surface area contributed by atoms with Gasteiger partial charge < -0.3 is 9.47 Å². The fraction of sp³-hybridized carbons (Fsp3) is 0.125. The Labute approximate surface area is 130 Å². The highest BCUT2D eigenvalue weighted by Crippen LogP contribution is 2.24. The van der Waals surface area contributed by atoms with E-state index in [0.29, 0.717) is 16.9 Å². The molecular formula is C16H13BrO4. The van der Waals surface area contributed by atoms with Crippen LogP contribution in [0, 0.1) is 0 Å². The second-order valence-electron chi connectivity index (χ2n) is 4.27. The zero-order valence-electron chi connectivity index (χ0n) is 11.3. The largest absolute Gasteiger partial charge is 0.496 e. The SMILES string of the molecule is COc1ccc(Br)cc1COC(=O)c1ccc(C=O)cc1. The molecule has 4 nitrogen and oxygen atoms in total. The number of carbonyl (C=O) groups excluding carboxylic acids is 2. The number of carbonyl (C=O) groups is 2. The number of hydrogen-bond donors (Lipinski definition) is 0. The molecule has 0 aliphatic carbocycles. The first-order valence-electron chi connectivity index (χ1n) is 6.19. The third kappa shape index (κ3) is 3.92. The van der Waals surface area contributed by atoms with Gasteiger partial charge in [-0.1, -0.05) is 28.1 Å². The Balaban J connectivity index is 2.06. The minimum atomic E-state index is -0.450. The number of benzene rings is 2. The normalized spacial score (nSPS) is 10.0. The number of ether oxygens (including phenoxy) is 2. The summed E-state index contributed by atoms with van der Waals surface area (Å²) in [4.78, 5) is 22.5. The molecule has 0 atom stereocenters. The third-order valence-corrected chi connectivity index (χ3v) is 3.38. The molecule has 21 heavy (non-hydrogen) atoms. The molecule has 0 N–H and O–H groups in total. The molecule has 2 aromatic carbocycles. The first kappa shape index (κ1) is 15.3. The molecule has 0 bridgehead atoms. The summed E-state index contributed by atoms with van der Waals surface area (Å²) >= 11 is 3.36. The van der Waals surface area contributed by atoms with Crippen LogP contribution in [0.15, 0.2) is 46.9 Å². The van der Waals surface area contributed by atoms with Gasteiger partial charge in [-0.3, -0.25) is 4.79 Å². The van der Waals surface area contributed by atoms with Gasteiger partial charge in [-0.05, 0) is 30.3 Å². The monoisotopic (exact) mass is 348 g/mol. The van der Waals surface area contributed by atoms with Crippen LogP contribution in [-0.2, 0) is 11.3 Å². The van der Waals surface area contributed by atoms with Crippen molar-refractivity contribution in [2.45, 2.75) is 6.61 Å². The van der Waals surface area contributed by atoms with Gasteiger partial charge in [-0.15, -0.1) is 0 Å². The highest BCUT2D eigenvalue weighted by Gasteiger charge is 2.10. The molecule has 0 radical (unpaired) electrons. The average molecular weight is 349 g/mol. The molecule has 0 saturated heterocycles. The first-order chi connectivity index (χ1) is 10.1. The maximum absolute atomic E-state index is 11.9. The van der Waals surface area contributed by atoms with Gasteiger partial charge in [0.05, 0.1) is 12.7 Å². The molecule has 0 amide bonds. The predicted octanol–water partition coefficient (Wildman–Crippen LogP) is 3.63. The standard InChI is InChI=1S/C16H13BrO4/c1-20-15-7-6-14(17)8-13(15)10-21-16(19)12-4-2-11(9-18)3-5-12/h2-9H,10H2,1H3. The Hall–Kier alpha value is -2.14. The second-order valence-corrected chi connectivity index (χ2v) is 5.19. The molecule has 0 spiro atoms. The van der Waals surface area contributed by atoms with Crippen molar-refractivity contribution in [1.82, 2.24) is 0 Å². The summed E-state index contributed by atoms with van der Waals surface area (Å²) in [7, 11) is 1.56. The molecule has 108 valence electrons. The van der Waals surface area contributed by atoms with Crippen LogP contribution in [-0.4, -0.2) is 19.4 Å². The van der Waals surface area contributed by atoms with Gasteiger partial charge in [-0.2, -0.15) is 0 Å². The molecule has 0 heterocycles. The lowest BCUT2D eigenvalue weighted by atomic mass is 10.1. The van der Waals surface area contributed by atoms with Crippen LogP contribution in [0.4, 0.5) is 0 Å². The van der Waals surface area contributed by atoms with Crippen molar-refractivity contribution < 1.29 is 19.1 Å². The van der Waals surface area contributed by atoms with Crippen molar-refractivity contribution >= 4 is 28.2 Å². The molecule has 5 heteroatoms. The average Bonchev–Trinajstić information content (AvgIpc) is 2.52. The van der Waals surface area contributed by atoms with E-state index in [1.165, 1.54) is 0 Å². The van der Waals surface area contributed by atoms with Crippen molar-refractivity contribution in [2.75, 3.05) is 7.11 Å². The number of rotatable bonds is 5. The molecule has 0 aliphatic rings. The van der Waals surface area contributed by atoms with Crippen LogP contribution in [0.3, 0.4) is 0 Å². The summed E-state index contributed by atoms with van der Waals surface area (Å²) < 4.78 is 11.4. The van der Waals surface area contributed by atoms with Gasteiger partial charge in [0.15, 0.2) is 0 Å². The zero-order chi connectivity index (χ0) is 15.2. The fourth-order valence-electron chi connectivity index (χ4n) is 1.78. The Morgan fingerprint density at radius 1 is 1.19 bits per heavy atom.